The van der Waals surface area contributed by atoms with Crippen LogP contribution >= 0.6 is 0 Å². The van der Waals surface area contributed by atoms with Crippen LogP contribution < -0.4 is 0 Å². The number of hydrogen-bond donors (Lipinski definition) is 0. The van der Waals surface area contributed by atoms with E-state index in [0.29, 0.717) is 0 Å². The van der Waals surface area contributed by atoms with Crippen molar-refractivity contribution in [2.24, 2.45) is 0 Å². The first-order chi connectivity index (χ1) is 9.17. The zero-order valence-corrected chi connectivity index (χ0v) is 13.4. The number of likely N-dealkylation sites (tertiary alicyclic amines) is 1. The molecule has 0 bridgehead atoms. The molecule has 0 radical (unpaired) electrons. The molecule has 0 aromatic heterocycles. The van der Waals surface area contributed by atoms with Gasteiger partial charge in [0.05, 0.1) is 0 Å². The summed E-state index contributed by atoms with van der Waals surface area (Å²) in [7, 11) is 3.32. The molecule has 5 nitrogen and oxygen atoms in total. The Labute approximate surface area is 122 Å². The van der Waals surface area contributed by atoms with Crippen LogP contribution in [0.25, 0.3) is 0 Å². The Hall–Kier alpha value is -1.70. The lowest BCUT2D eigenvalue weighted by Gasteiger charge is -2.22. The van der Waals surface area contributed by atoms with Crippen molar-refractivity contribution in [2.45, 2.75) is 46.1 Å². The van der Waals surface area contributed by atoms with Crippen molar-refractivity contribution in [2.75, 3.05) is 27.2 Å². The van der Waals surface area contributed by atoms with E-state index in [9.17, 15) is 9.59 Å². The van der Waals surface area contributed by atoms with Crippen molar-refractivity contribution in [3.63, 3.8) is 0 Å². The van der Waals surface area contributed by atoms with Gasteiger partial charge in [-0.05, 0) is 46.5 Å². The second-order valence-corrected chi connectivity index (χ2v) is 5.75. The predicted molar refractivity (Wildman–Crippen MR) is 79.2 cm³/mol. The third-order valence-electron chi connectivity index (χ3n) is 2.38. The summed E-state index contributed by atoms with van der Waals surface area (Å²) in [6, 6.07) is 0. The van der Waals surface area contributed by atoms with Crippen LogP contribution in [0, 0.1) is 11.8 Å². The first kappa shape index (κ1) is 18.3. The lowest BCUT2D eigenvalue weighted by atomic mass is 10.2. The van der Waals surface area contributed by atoms with Crippen LogP contribution in [0.4, 0.5) is 4.79 Å². The van der Waals surface area contributed by atoms with Crippen LogP contribution in [-0.4, -0.2) is 54.6 Å². The van der Waals surface area contributed by atoms with Crippen LogP contribution in [0.1, 0.15) is 40.5 Å². The van der Waals surface area contributed by atoms with E-state index in [1.807, 2.05) is 20.8 Å². The summed E-state index contributed by atoms with van der Waals surface area (Å²) in [6.45, 7) is 9.01. The van der Waals surface area contributed by atoms with E-state index in [1.165, 1.54) is 4.90 Å². The van der Waals surface area contributed by atoms with Gasteiger partial charge in [-0.25, -0.2) is 4.79 Å². The Morgan fingerprint density at radius 1 is 1.15 bits per heavy atom. The first-order valence-corrected chi connectivity index (χ1v) is 6.79. The van der Waals surface area contributed by atoms with Crippen molar-refractivity contribution in [3.05, 3.63) is 0 Å². The van der Waals surface area contributed by atoms with Crippen molar-refractivity contribution < 1.29 is 14.3 Å². The van der Waals surface area contributed by atoms with Gasteiger partial charge in [-0.1, -0.05) is 5.92 Å². The minimum atomic E-state index is -0.388. The molecule has 2 amide bonds. The van der Waals surface area contributed by atoms with E-state index in [0.717, 1.165) is 25.9 Å². The summed E-state index contributed by atoms with van der Waals surface area (Å²) < 4.78 is 4.99. The normalized spacial score (nSPS) is 13.6. The summed E-state index contributed by atoms with van der Waals surface area (Å²) in [4.78, 5) is 25.1. The molecule has 1 aliphatic rings. The second-order valence-electron chi connectivity index (χ2n) is 5.75. The maximum absolute atomic E-state index is 11.0. The average Bonchev–Trinajstić information content (AvgIpc) is 2.81. The molecule has 1 rings (SSSR count). The van der Waals surface area contributed by atoms with Crippen LogP contribution in [-0.2, 0) is 9.53 Å². The summed E-state index contributed by atoms with van der Waals surface area (Å²) in [5, 5.41) is 0. The van der Waals surface area contributed by atoms with Gasteiger partial charge in [0.1, 0.15) is 5.60 Å². The zero-order chi connectivity index (χ0) is 15.8. The molecular weight excluding hydrogens is 256 g/mol. The molecule has 1 fully saturated rings. The topological polar surface area (TPSA) is 49.9 Å². The Morgan fingerprint density at radius 3 is 1.95 bits per heavy atom. The number of amides is 2. The first-order valence-electron chi connectivity index (χ1n) is 6.79. The quantitative estimate of drug-likeness (QED) is 0.639. The van der Waals surface area contributed by atoms with Gasteiger partial charge in [0.15, 0.2) is 0 Å². The highest BCUT2D eigenvalue weighted by atomic mass is 16.6. The molecule has 1 aliphatic heterocycles. The molecule has 5 heteroatoms. The molecule has 1 heterocycles. The number of carbonyl (C=O) groups is 2. The number of rotatable bonds is 0. The van der Waals surface area contributed by atoms with Crippen molar-refractivity contribution in [3.8, 4) is 11.8 Å². The molecule has 1 saturated heterocycles. The van der Waals surface area contributed by atoms with Crippen molar-refractivity contribution in [1.82, 2.24) is 9.80 Å². The fraction of sp³-hybridized carbons (Fsp3) is 0.733. The molecule has 20 heavy (non-hydrogen) atoms. The van der Waals surface area contributed by atoms with Gasteiger partial charge in [0.2, 0.25) is 0 Å². The van der Waals surface area contributed by atoms with Crippen LogP contribution in [0.5, 0.6) is 0 Å². The Kier molecular flexibility index (Phi) is 7.75. The largest absolute Gasteiger partial charge is 0.444 e. The number of hydrogen-bond acceptors (Lipinski definition) is 3. The van der Waals surface area contributed by atoms with E-state index in [-0.39, 0.29) is 17.6 Å². The monoisotopic (exact) mass is 282 g/mol. The molecule has 0 N–H and O–H groups in total. The number of ether oxygens (including phenoxy) is 1. The van der Waals surface area contributed by atoms with Crippen LogP contribution in [0.3, 0.4) is 0 Å². The van der Waals surface area contributed by atoms with Gasteiger partial charge in [-0.15, -0.1) is 0 Å². The second kappa shape index (κ2) is 8.47. The van der Waals surface area contributed by atoms with E-state index < -0.39 is 0 Å². The molecule has 0 aliphatic carbocycles. The minimum Gasteiger partial charge on any atom is -0.444 e. The molecule has 0 spiro atoms. The SMILES string of the molecule is CC#CC(=O)N1CCCC1.CN(C)C(=O)OC(C)(C)C. The third-order valence-corrected chi connectivity index (χ3v) is 2.38. The average molecular weight is 282 g/mol. The van der Waals surface area contributed by atoms with E-state index >= 15 is 0 Å². The van der Waals surface area contributed by atoms with Gasteiger partial charge in [0.25, 0.3) is 5.91 Å². The molecular formula is C15H26N2O3. The van der Waals surface area contributed by atoms with E-state index in [4.69, 9.17) is 4.74 Å². The molecule has 0 unspecified atom stereocenters. The number of carbonyl (C=O) groups excluding carboxylic acids is 2. The van der Waals surface area contributed by atoms with Gasteiger partial charge in [-0.3, -0.25) is 4.79 Å². The van der Waals surface area contributed by atoms with Gasteiger partial charge in [-0.2, -0.15) is 0 Å². The van der Waals surface area contributed by atoms with Crippen LogP contribution in [0.15, 0.2) is 0 Å². The van der Waals surface area contributed by atoms with Gasteiger partial charge < -0.3 is 14.5 Å². The number of nitrogens with zero attached hydrogens (tertiary/aromatic N) is 2. The lowest BCUT2D eigenvalue weighted by molar-refractivity contribution is -0.124. The standard InChI is InChI=1S/C8H11NO.C7H15NO2/c1-2-5-8(10)9-6-3-4-7-9;1-7(2,3)10-6(9)8(4)5/h3-4,6-7H2,1H3;1-5H3. The summed E-state index contributed by atoms with van der Waals surface area (Å²) in [5.74, 6) is 5.11. The highest BCUT2D eigenvalue weighted by Crippen LogP contribution is 2.08. The molecule has 0 saturated carbocycles. The maximum atomic E-state index is 11.0. The molecule has 114 valence electrons. The fourth-order valence-corrected chi connectivity index (χ4v) is 1.46. The molecule has 0 aromatic carbocycles. The Bertz CT molecular complexity index is 380. The highest BCUT2D eigenvalue weighted by molar-refractivity contribution is 5.93. The maximum Gasteiger partial charge on any atom is 0.409 e. The minimum absolute atomic E-state index is 0.0139. The van der Waals surface area contributed by atoms with Gasteiger partial charge >= 0.3 is 6.09 Å². The highest BCUT2D eigenvalue weighted by Gasteiger charge is 2.17. The Morgan fingerprint density at radius 2 is 1.65 bits per heavy atom. The summed E-state index contributed by atoms with van der Waals surface area (Å²) in [6.07, 6.45) is 1.97. The van der Waals surface area contributed by atoms with E-state index in [1.54, 1.807) is 25.9 Å². The molecule has 0 atom stereocenters. The summed E-state index contributed by atoms with van der Waals surface area (Å²) >= 11 is 0. The van der Waals surface area contributed by atoms with Gasteiger partial charge in [0, 0.05) is 27.2 Å². The fourth-order valence-electron chi connectivity index (χ4n) is 1.46. The Balaban J connectivity index is 0.000000361. The molecule has 0 aromatic rings. The lowest BCUT2D eigenvalue weighted by Crippen LogP contribution is -2.31. The zero-order valence-electron chi connectivity index (χ0n) is 13.4. The van der Waals surface area contributed by atoms with Crippen LogP contribution in [0.2, 0.25) is 0 Å². The van der Waals surface area contributed by atoms with Crippen molar-refractivity contribution >= 4 is 12.0 Å². The van der Waals surface area contributed by atoms with E-state index in [2.05, 4.69) is 11.8 Å². The smallest absolute Gasteiger partial charge is 0.409 e. The van der Waals surface area contributed by atoms with Crippen molar-refractivity contribution in [1.29, 1.82) is 0 Å². The third kappa shape index (κ3) is 8.41. The summed E-state index contributed by atoms with van der Waals surface area (Å²) in [5.41, 5.74) is -0.388. The predicted octanol–water partition coefficient (Wildman–Crippen LogP) is 2.12.